The third-order valence-corrected chi connectivity index (χ3v) is 3.96. The summed E-state index contributed by atoms with van der Waals surface area (Å²) in [5, 5.41) is 3.95. The topological polar surface area (TPSA) is 59.8 Å². The van der Waals surface area contributed by atoms with Gasteiger partial charge in [-0.15, -0.1) is 0 Å². The van der Waals surface area contributed by atoms with Crippen molar-refractivity contribution in [2.75, 3.05) is 5.32 Å². The molecule has 6 heteroatoms. The monoisotopic (exact) mass is 312 g/mol. The van der Waals surface area contributed by atoms with Crippen LogP contribution < -0.4 is 5.32 Å². The van der Waals surface area contributed by atoms with Crippen LogP contribution in [0.5, 0.6) is 0 Å². The second-order valence-corrected chi connectivity index (χ2v) is 5.74. The molecule has 1 saturated carbocycles. The molecule has 3 aromatic rings. The van der Waals surface area contributed by atoms with E-state index in [2.05, 4.69) is 15.3 Å². The van der Waals surface area contributed by atoms with E-state index < -0.39 is 0 Å². The van der Waals surface area contributed by atoms with Crippen molar-refractivity contribution in [2.45, 2.75) is 18.9 Å². The van der Waals surface area contributed by atoms with Gasteiger partial charge in [-0.25, -0.2) is 9.97 Å². The van der Waals surface area contributed by atoms with Gasteiger partial charge in [-0.3, -0.25) is 10.1 Å². The van der Waals surface area contributed by atoms with E-state index in [1.54, 1.807) is 12.3 Å². The summed E-state index contributed by atoms with van der Waals surface area (Å²) in [6.07, 6.45) is 5.85. The fourth-order valence-corrected chi connectivity index (χ4v) is 2.76. The zero-order valence-electron chi connectivity index (χ0n) is 11.7. The Morgan fingerprint density at radius 2 is 2.14 bits per heavy atom. The Bertz CT molecular complexity index is 869. The molecule has 1 N–H and O–H groups in total. The molecule has 1 aromatic carbocycles. The number of anilines is 1. The lowest BCUT2D eigenvalue weighted by atomic mass is 10.1. The van der Waals surface area contributed by atoms with Crippen LogP contribution in [0.4, 0.5) is 5.95 Å². The van der Waals surface area contributed by atoms with Crippen molar-refractivity contribution in [3.63, 3.8) is 0 Å². The highest BCUT2D eigenvalue weighted by Gasteiger charge is 2.26. The number of pyridine rings is 1. The molecule has 0 radical (unpaired) electrons. The van der Waals surface area contributed by atoms with Gasteiger partial charge < -0.3 is 4.57 Å². The highest BCUT2D eigenvalue weighted by Crippen LogP contribution is 2.36. The van der Waals surface area contributed by atoms with Crippen molar-refractivity contribution in [3.8, 4) is 0 Å². The molecule has 2 aromatic heterocycles. The molecule has 22 heavy (non-hydrogen) atoms. The molecule has 0 spiro atoms. The summed E-state index contributed by atoms with van der Waals surface area (Å²) in [4.78, 5) is 21.1. The van der Waals surface area contributed by atoms with Gasteiger partial charge in [0.05, 0.1) is 11.1 Å². The number of fused-ring (bicyclic) bond motifs is 1. The normalized spacial score (nSPS) is 14.2. The van der Waals surface area contributed by atoms with Crippen LogP contribution in [0.15, 0.2) is 42.7 Å². The lowest BCUT2D eigenvalue weighted by Gasteiger charge is -2.10. The summed E-state index contributed by atoms with van der Waals surface area (Å²) in [5.41, 5.74) is 1.20. The van der Waals surface area contributed by atoms with Crippen LogP contribution >= 0.6 is 11.6 Å². The van der Waals surface area contributed by atoms with Crippen LogP contribution in [-0.4, -0.2) is 20.4 Å². The molecular formula is C16H13ClN4O. The van der Waals surface area contributed by atoms with Gasteiger partial charge in [0.2, 0.25) is 5.95 Å². The second-order valence-electron chi connectivity index (χ2n) is 5.35. The van der Waals surface area contributed by atoms with E-state index >= 15 is 0 Å². The fourth-order valence-electron chi connectivity index (χ4n) is 2.56. The molecule has 0 atom stereocenters. The van der Waals surface area contributed by atoms with Gasteiger partial charge in [-0.2, -0.15) is 0 Å². The summed E-state index contributed by atoms with van der Waals surface area (Å²) in [6.45, 7) is 0. The summed E-state index contributed by atoms with van der Waals surface area (Å²) < 4.78 is 2.00. The van der Waals surface area contributed by atoms with Crippen molar-refractivity contribution in [3.05, 3.63) is 53.4 Å². The quantitative estimate of drug-likeness (QED) is 0.751. The third kappa shape index (κ3) is 2.33. The van der Waals surface area contributed by atoms with Crippen LogP contribution in [0.2, 0.25) is 5.15 Å². The number of amides is 1. The first-order valence-corrected chi connectivity index (χ1v) is 7.49. The van der Waals surface area contributed by atoms with Gasteiger partial charge in [0, 0.05) is 23.8 Å². The summed E-state index contributed by atoms with van der Waals surface area (Å²) in [6, 6.07) is 9.48. The van der Waals surface area contributed by atoms with Crippen LogP contribution in [0.1, 0.15) is 29.2 Å². The number of nitrogens with one attached hydrogen (secondary N) is 1. The molecule has 110 valence electrons. The lowest BCUT2D eigenvalue weighted by molar-refractivity contribution is 0.102. The van der Waals surface area contributed by atoms with Crippen molar-refractivity contribution in [2.24, 2.45) is 0 Å². The summed E-state index contributed by atoms with van der Waals surface area (Å²) in [7, 11) is 0. The van der Waals surface area contributed by atoms with Gasteiger partial charge >= 0.3 is 0 Å². The number of hydrogen-bond acceptors (Lipinski definition) is 3. The highest BCUT2D eigenvalue weighted by molar-refractivity contribution is 6.30. The van der Waals surface area contributed by atoms with Gasteiger partial charge in [0.15, 0.2) is 0 Å². The van der Waals surface area contributed by atoms with Crippen LogP contribution in [-0.2, 0) is 0 Å². The molecule has 5 nitrogen and oxygen atoms in total. The Labute approximate surface area is 131 Å². The van der Waals surface area contributed by atoms with Crippen LogP contribution in [0.3, 0.4) is 0 Å². The molecule has 0 aliphatic heterocycles. The van der Waals surface area contributed by atoms with Crippen LogP contribution in [0, 0.1) is 0 Å². The number of carbonyl (C=O) groups is 1. The fraction of sp³-hybridized carbons (Fsp3) is 0.188. The SMILES string of the molecule is O=C(Nc1nccn1C1CC1)c1cc(Cl)nc2ccccc12. The number of hydrogen-bond donors (Lipinski definition) is 1. The molecule has 0 saturated heterocycles. The van der Waals surface area contributed by atoms with Crippen molar-refractivity contribution < 1.29 is 4.79 Å². The minimum absolute atomic E-state index is 0.228. The van der Waals surface area contributed by atoms with E-state index in [1.165, 1.54) is 0 Å². The average molecular weight is 313 g/mol. The first-order chi connectivity index (χ1) is 10.7. The maximum Gasteiger partial charge on any atom is 0.258 e. The lowest BCUT2D eigenvalue weighted by Crippen LogP contribution is -2.16. The number of aromatic nitrogens is 3. The Hall–Kier alpha value is -2.40. The number of halogens is 1. The minimum Gasteiger partial charge on any atom is -0.314 e. The predicted molar refractivity (Wildman–Crippen MR) is 85.2 cm³/mol. The molecule has 0 bridgehead atoms. The van der Waals surface area contributed by atoms with E-state index in [-0.39, 0.29) is 5.91 Å². The van der Waals surface area contributed by atoms with E-state index in [1.807, 2.05) is 35.0 Å². The molecule has 0 unspecified atom stereocenters. The van der Waals surface area contributed by atoms with E-state index in [0.29, 0.717) is 28.2 Å². The summed E-state index contributed by atoms with van der Waals surface area (Å²) >= 11 is 6.03. The first-order valence-electron chi connectivity index (χ1n) is 7.12. The molecule has 1 fully saturated rings. The van der Waals surface area contributed by atoms with E-state index in [9.17, 15) is 4.79 Å². The zero-order chi connectivity index (χ0) is 15.1. The smallest absolute Gasteiger partial charge is 0.258 e. The second kappa shape index (κ2) is 5.10. The number of imidazole rings is 1. The summed E-state index contributed by atoms with van der Waals surface area (Å²) in [5.74, 6) is 0.345. The molecule has 1 aliphatic rings. The number of para-hydroxylation sites is 1. The first kappa shape index (κ1) is 13.3. The van der Waals surface area contributed by atoms with Crippen molar-refractivity contribution in [1.82, 2.24) is 14.5 Å². The average Bonchev–Trinajstić information content (AvgIpc) is 3.26. The Kier molecular flexibility index (Phi) is 3.08. The predicted octanol–water partition coefficient (Wildman–Crippen LogP) is 3.67. The Morgan fingerprint density at radius 3 is 2.95 bits per heavy atom. The minimum atomic E-state index is -0.228. The molecule has 1 aliphatic carbocycles. The number of nitrogens with zero attached hydrogens (tertiary/aromatic N) is 3. The van der Waals surface area contributed by atoms with Gasteiger partial charge in [0.1, 0.15) is 5.15 Å². The number of rotatable bonds is 3. The number of carbonyl (C=O) groups excluding carboxylic acids is 1. The zero-order valence-corrected chi connectivity index (χ0v) is 12.4. The molecule has 4 rings (SSSR count). The van der Waals surface area contributed by atoms with Crippen LogP contribution in [0.25, 0.3) is 10.9 Å². The largest absolute Gasteiger partial charge is 0.314 e. The number of benzene rings is 1. The van der Waals surface area contributed by atoms with Gasteiger partial charge in [-0.05, 0) is 25.0 Å². The standard InChI is InChI=1S/C16H13ClN4O/c17-14-9-12(11-3-1-2-4-13(11)19-14)15(22)20-16-18-7-8-21(16)10-5-6-10/h1-4,7-10H,5-6H2,(H,18,20,22). The van der Waals surface area contributed by atoms with Gasteiger partial charge in [-0.1, -0.05) is 29.8 Å². The third-order valence-electron chi connectivity index (χ3n) is 3.76. The molecular weight excluding hydrogens is 300 g/mol. The van der Waals surface area contributed by atoms with E-state index in [0.717, 1.165) is 18.2 Å². The Balaban J connectivity index is 1.72. The van der Waals surface area contributed by atoms with Crippen molar-refractivity contribution >= 4 is 34.4 Å². The maximum atomic E-state index is 12.6. The molecule has 1 amide bonds. The highest BCUT2D eigenvalue weighted by atomic mass is 35.5. The Morgan fingerprint density at radius 1 is 1.32 bits per heavy atom. The van der Waals surface area contributed by atoms with Gasteiger partial charge in [0.25, 0.3) is 5.91 Å². The van der Waals surface area contributed by atoms with Crippen molar-refractivity contribution in [1.29, 1.82) is 0 Å². The maximum absolute atomic E-state index is 12.6. The molecule has 2 heterocycles. The van der Waals surface area contributed by atoms with E-state index in [4.69, 9.17) is 11.6 Å².